The van der Waals surface area contributed by atoms with Crippen LogP contribution in [-0.2, 0) is 20.9 Å². The van der Waals surface area contributed by atoms with E-state index in [-0.39, 0.29) is 30.3 Å². The molecule has 0 spiro atoms. The lowest BCUT2D eigenvalue weighted by atomic mass is 10.1. The lowest BCUT2D eigenvalue weighted by molar-refractivity contribution is -0.134. The number of aromatic nitrogens is 3. The first-order valence-electron chi connectivity index (χ1n) is 13.1. The van der Waals surface area contributed by atoms with Crippen LogP contribution < -0.4 is 4.90 Å². The van der Waals surface area contributed by atoms with E-state index in [1.165, 1.54) is 12.1 Å². The zero-order valence-electron chi connectivity index (χ0n) is 21.7. The number of allylic oxidation sites excluding steroid dienone is 2. The molecule has 2 aliphatic rings. The van der Waals surface area contributed by atoms with Crippen molar-refractivity contribution in [1.82, 2.24) is 24.4 Å². The van der Waals surface area contributed by atoms with Gasteiger partial charge in [0.15, 0.2) is 17.4 Å². The molecule has 0 bridgehead atoms. The highest BCUT2D eigenvalue weighted by atomic mass is 19.1. The smallest absolute Gasteiger partial charge is 0.223 e. The van der Waals surface area contributed by atoms with Crippen molar-refractivity contribution in [1.29, 1.82) is 0 Å². The molecule has 38 heavy (non-hydrogen) atoms. The maximum atomic E-state index is 14.6. The van der Waals surface area contributed by atoms with Gasteiger partial charge in [0.1, 0.15) is 11.3 Å². The molecule has 2 aromatic heterocycles. The number of benzene rings is 1. The molecule has 2 aliphatic heterocycles. The van der Waals surface area contributed by atoms with Gasteiger partial charge in [0.2, 0.25) is 5.91 Å². The number of hydrogen-bond acceptors (Lipinski definition) is 7. The van der Waals surface area contributed by atoms with Crippen LogP contribution in [0.2, 0.25) is 0 Å². The summed E-state index contributed by atoms with van der Waals surface area (Å²) >= 11 is 0. The van der Waals surface area contributed by atoms with E-state index in [9.17, 15) is 14.0 Å². The minimum Gasteiger partial charge on any atom is -0.378 e. The normalized spacial score (nSPS) is 17.0. The average molecular weight is 521 g/mol. The number of ether oxygens (including phenoxy) is 1. The van der Waals surface area contributed by atoms with Crippen LogP contribution >= 0.6 is 0 Å². The Bertz CT molecular complexity index is 1330. The topological polar surface area (TPSA) is 83.3 Å². The van der Waals surface area contributed by atoms with Crippen molar-refractivity contribution in [2.75, 3.05) is 57.4 Å². The quantitative estimate of drug-likeness (QED) is 0.423. The number of rotatable bonds is 8. The molecule has 1 aromatic carbocycles. The Balaban J connectivity index is 1.30. The minimum absolute atomic E-state index is 0.0158. The molecule has 10 heteroatoms. The Morgan fingerprint density at radius 3 is 2.55 bits per heavy atom. The van der Waals surface area contributed by atoms with E-state index < -0.39 is 0 Å². The summed E-state index contributed by atoms with van der Waals surface area (Å²) in [5, 5.41) is 4.66. The molecule has 0 saturated carbocycles. The number of nitrogens with zero attached hydrogens (tertiary/aromatic N) is 6. The zero-order valence-corrected chi connectivity index (χ0v) is 21.7. The molecular formula is C28H33FN6O3. The van der Waals surface area contributed by atoms with Crippen molar-refractivity contribution in [2.45, 2.75) is 26.3 Å². The van der Waals surface area contributed by atoms with Gasteiger partial charge in [-0.05, 0) is 36.8 Å². The molecule has 4 heterocycles. The monoisotopic (exact) mass is 520 g/mol. The summed E-state index contributed by atoms with van der Waals surface area (Å²) in [4.78, 5) is 35.3. The SMILES string of the molecule is C/C=C\C(=O)CCC(=O)N1CCN(Cc2cc3c(N4CCOCC4)nc(-c4ccccc4F)nn3c2)CC1. The molecule has 0 radical (unpaired) electrons. The second kappa shape index (κ2) is 11.8. The average Bonchev–Trinajstić information content (AvgIpc) is 3.35. The number of carbonyl (C=O) groups is 2. The molecular weight excluding hydrogens is 487 g/mol. The van der Waals surface area contributed by atoms with Crippen LogP contribution in [0.15, 0.2) is 48.7 Å². The predicted molar refractivity (Wildman–Crippen MR) is 142 cm³/mol. The molecule has 0 atom stereocenters. The van der Waals surface area contributed by atoms with E-state index in [1.54, 1.807) is 35.7 Å². The fourth-order valence-electron chi connectivity index (χ4n) is 4.96. The highest BCUT2D eigenvalue weighted by molar-refractivity contribution is 5.92. The highest BCUT2D eigenvalue weighted by Crippen LogP contribution is 2.27. The van der Waals surface area contributed by atoms with E-state index in [0.29, 0.717) is 57.3 Å². The summed E-state index contributed by atoms with van der Waals surface area (Å²) < 4.78 is 21.9. The summed E-state index contributed by atoms with van der Waals surface area (Å²) in [6.45, 7) is 7.94. The third-order valence-corrected chi connectivity index (χ3v) is 6.99. The van der Waals surface area contributed by atoms with E-state index in [2.05, 4.69) is 21.0 Å². The molecule has 2 saturated heterocycles. The molecule has 3 aromatic rings. The summed E-state index contributed by atoms with van der Waals surface area (Å²) in [7, 11) is 0. The summed E-state index contributed by atoms with van der Waals surface area (Å²) in [6.07, 6.45) is 5.70. The maximum Gasteiger partial charge on any atom is 0.223 e. The van der Waals surface area contributed by atoms with Crippen LogP contribution in [0.4, 0.5) is 10.2 Å². The van der Waals surface area contributed by atoms with Gasteiger partial charge in [-0.1, -0.05) is 18.2 Å². The van der Waals surface area contributed by atoms with Crippen molar-refractivity contribution in [3.05, 3.63) is 60.1 Å². The second-order valence-corrected chi connectivity index (χ2v) is 9.64. The van der Waals surface area contributed by atoms with E-state index >= 15 is 0 Å². The number of ketones is 1. The molecule has 0 aliphatic carbocycles. The van der Waals surface area contributed by atoms with Gasteiger partial charge in [-0.3, -0.25) is 14.5 Å². The lowest BCUT2D eigenvalue weighted by Crippen LogP contribution is -2.48. The number of piperazine rings is 1. The van der Waals surface area contributed by atoms with Crippen molar-refractivity contribution in [3.63, 3.8) is 0 Å². The molecule has 200 valence electrons. The number of halogens is 1. The largest absolute Gasteiger partial charge is 0.378 e. The number of fused-ring (bicyclic) bond motifs is 1. The van der Waals surface area contributed by atoms with Crippen molar-refractivity contribution < 1.29 is 18.7 Å². The molecule has 9 nitrogen and oxygen atoms in total. The third-order valence-electron chi connectivity index (χ3n) is 6.99. The van der Waals surface area contributed by atoms with Crippen LogP contribution in [0.1, 0.15) is 25.3 Å². The van der Waals surface area contributed by atoms with E-state index in [0.717, 1.165) is 30.0 Å². The van der Waals surface area contributed by atoms with E-state index in [1.807, 2.05) is 11.1 Å². The van der Waals surface area contributed by atoms with Gasteiger partial charge in [0.25, 0.3) is 0 Å². The van der Waals surface area contributed by atoms with Crippen LogP contribution in [0.25, 0.3) is 16.9 Å². The first-order chi connectivity index (χ1) is 18.5. The molecule has 2 fully saturated rings. The minimum atomic E-state index is -0.356. The molecule has 5 rings (SSSR count). The van der Waals surface area contributed by atoms with Crippen molar-refractivity contribution in [3.8, 4) is 11.4 Å². The van der Waals surface area contributed by atoms with Gasteiger partial charge in [-0.2, -0.15) is 0 Å². The Morgan fingerprint density at radius 1 is 1.05 bits per heavy atom. The first kappa shape index (κ1) is 26.0. The van der Waals surface area contributed by atoms with Crippen LogP contribution in [-0.4, -0.2) is 88.6 Å². The zero-order chi connectivity index (χ0) is 26.5. The summed E-state index contributed by atoms with van der Waals surface area (Å²) in [5.74, 6) is 0.780. The van der Waals surface area contributed by atoms with Gasteiger partial charge < -0.3 is 14.5 Å². The van der Waals surface area contributed by atoms with E-state index in [4.69, 9.17) is 9.72 Å². The van der Waals surface area contributed by atoms with Crippen molar-refractivity contribution in [2.24, 2.45) is 0 Å². The second-order valence-electron chi connectivity index (χ2n) is 9.64. The predicted octanol–water partition coefficient (Wildman–Crippen LogP) is 2.94. The number of morpholine rings is 1. The number of carbonyl (C=O) groups excluding carboxylic acids is 2. The maximum absolute atomic E-state index is 14.6. The van der Waals surface area contributed by atoms with Gasteiger partial charge in [-0.15, -0.1) is 5.10 Å². The van der Waals surface area contributed by atoms with Crippen LogP contribution in [0.3, 0.4) is 0 Å². The molecule has 0 unspecified atom stereocenters. The fourth-order valence-corrected chi connectivity index (χ4v) is 4.96. The van der Waals surface area contributed by atoms with Gasteiger partial charge in [-0.25, -0.2) is 13.9 Å². The third kappa shape index (κ3) is 5.92. The van der Waals surface area contributed by atoms with Gasteiger partial charge in [0, 0.05) is 64.9 Å². The fraction of sp³-hybridized carbons (Fsp3) is 0.429. The number of amides is 1. The van der Waals surface area contributed by atoms with Gasteiger partial charge in [0.05, 0.1) is 18.8 Å². The standard InChI is InChI=1S/C28H33FN6O3/c1-2-5-22(36)8-9-26(37)33-12-10-32(11-13-33)19-21-18-25-28(34-14-16-38-17-15-34)30-27(31-35(25)20-21)23-6-3-4-7-24(23)29/h2-7,18,20H,8-17,19H2,1H3/b5-2-. The molecule has 1 amide bonds. The Morgan fingerprint density at radius 2 is 1.82 bits per heavy atom. The van der Waals surface area contributed by atoms with Crippen LogP contribution in [0.5, 0.6) is 0 Å². The Kier molecular flexibility index (Phi) is 8.09. The number of hydrogen-bond donors (Lipinski definition) is 0. The van der Waals surface area contributed by atoms with Gasteiger partial charge >= 0.3 is 0 Å². The summed E-state index contributed by atoms with van der Waals surface area (Å²) in [5.41, 5.74) is 2.32. The lowest BCUT2D eigenvalue weighted by Gasteiger charge is -2.34. The Labute approximate surface area is 221 Å². The summed E-state index contributed by atoms with van der Waals surface area (Å²) in [6, 6.07) is 8.65. The van der Waals surface area contributed by atoms with Crippen LogP contribution in [0, 0.1) is 5.82 Å². The number of anilines is 1. The highest BCUT2D eigenvalue weighted by Gasteiger charge is 2.24. The first-order valence-corrected chi connectivity index (χ1v) is 13.1. The van der Waals surface area contributed by atoms with Crippen molar-refractivity contribution >= 4 is 23.0 Å². The molecule has 0 N–H and O–H groups in total. The Hall–Kier alpha value is -3.63.